The van der Waals surface area contributed by atoms with Gasteiger partial charge in [0.2, 0.25) is 0 Å². The van der Waals surface area contributed by atoms with Crippen molar-refractivity contribution in [1.29, 1.82) is 0 Å². The van der Waals surface area contributed by atoms with Crippen LogP contribution < -0.4 is 5.32 Å². The van der Waals surface area contributed by atoms with Gasteiger partial charge >= 0.3 is 0 Å². The Morgan fingerprint density at radius 2 is 1.70 bits per heavy atom. The largest absolute Gasteiger partial charge is 0.309 e. The van der Waals surface area contributed by atoms with E-state index in [9.17, 15) is 4.39 Å². The first-order valence-electron chi connectivity index (χ1n) is 7.86. The number of halogens is 2. The van der Waals surface area contributed by atoms with Crippen LogP contribution in [0, 0.1) is 29.5 Å². The van der Waals surface area contributed by atoms with E-state index >= 15 is 0 Å². The quantitative estimate of drug-likeness (QED) is 0.856. The van der Waals surface area contributed by atoms with Crippen molar-refractivity contribution in [1.82, 2.24) is 5.32 Å². The number of hydrogen-bond acceptors (Lipinski definition) is 1. The Morgan fingerprint density at radius 3 is 2.30 bits per heavy atom. The predicted octanol–water partition coefficient (Wildman–Crippen LogP) is 4.50. The van der Waals surface area contributed by atoms with Crippen LogP contribution in [0.3, 0.4) is 0 Å². The van der Waals surface area contributed by atoms with E-state index in [1.54, 1.807) is 12.1 Å². The second-order valence-electron chi connectivity index (χ2n) is 7.07. The summed E-state index contributed by atoms with van der Waals surface area (Å²) >= 11 is 3.47. The normalized spacial score (nSPS) is 38.4. The lowest BCUT2D eigenvalue weighted by molar-refractivity contribution is -0.0142. The lowest BCUT2D eigenvalue weighted by atomic mass is 9.54. The van der Waals surface area contributed by atoms with Gasteiger partial charge in [-0.1, -0.05) is 22.0 Å². The molecule has 0 heterocycles. The summed E-state index contributed by atoms with van der Waals surface area (Å²) in [6.07, 6.45) is 7.26. The number of hydrogen-bond donors (Lipinski definition) is 1. The average Bonchev–Trinajstić information content (AvgIpc) is 2.39. The summed E-state index contributed by atoms with van der Waals surface area (Å²) < 4.78 is 14.0. The lowest BCUT2D eigenvalue weighted by Gasteiger charge is -2.54. The van der Waals surface area contributed by atoms with E-state index in [1.807, 2.05) is 6.07 Å². The van der Waals surface area contributed by atoms with Crippen molar-refractivity contribution < 1.29 is 4.39 Å². The zero-order chi connectivity index (χ0) is 13.7. The maximum atomic E-state index is 13.1. The monoisotopic (exact) mass is 337 g/mol. The number of rotatable bonds is 3. The highest BCUT2D eigenvalue weighted by atomic mass is 79.9. The highest BCUT2D eigenvalue weighted by molar-refractivity contribution is 9.10. The van der Waals surface area contributed by atoms with Crippen LogP contribution in [0.2, 0.25) is 0 Å². The molecule has 1 N–H and O–H groups in total. The molecule has 1 aromatic rings. The smallest absolute Gasteiger partial charge is 0.124 e. The van der Waals surface area contributed by atoms with Crippen molar-refractivity contribution in [3.05, 3.63) is 34.1 Å². The standard InChI is InChI=1S/C17H21BrFN/c18-16-8-15(19)2-1-12(16)9-20-17-13-4-10-3-11(6-13)7-14(17)5-10/h1-2,8,10-11,13-14,17,20H,3-7,9H2. The fourth-order valence-corrected chi connectivity index (χ4v) is 5.64. The zero-order valence-corrected chi connectivity index (χ0v) is 13.2. The van der Waals surface area contributed by atoms with Gasteiger partial charge in [0.1, 0.15) is 5.82 Å². The SMILES string of the molecule is Fc1ccc(CNC2C3CC4CC(C3)CC2C4)c(Br)c1. The molecule has 108 valence electrons. The van der Waals surface area contributed by atoms with Crippen LogP contribution in [0.1, 0.15) is 37.7 Å². The van der Waals surface area contributed by atoms with Gasteiger partial charge < -0.3 is 5.32 Å². The van der Waals surface area contributed by atoms with Crippen LogP contribution in [0.4, 0.5) is 4.39 Å². The summed E-state index contributed by atoms with van der Waals surface area (Å²) in [6, 6.07) is 5.70. The molecular weight excluding hydrogens is 317 g/mol. The molecule has 0 unspecified atom stereocenters. The molecule has 1 aromatic carbocycles. The Balaban J connectivity index is 1.44. The van der Waals surface area contributed by atoms with Gasteiger partial charge in [-0.2, -0.15) is 0 Å². The highest BCUT2D eigenvalue weighted by Crippen LogP contribution is 2.53. The zero-order valence-electron chi connectivity index (χ0n) is 11.6. The third kappa shape index (κ3) is 2.33. The topological polar surface area (TPSA) is 12.0 Å². The third-order valence-electron chi connectivity index (χ3n) is 5.77. The van der Waals surface area contributed by atoms with Crippen molar-refractivity contribution in [3.8, 4) is 0 Å². The first-order valence-corrected chi connectivity index (χ1v) is 8.65. The van der Waals surface area contributed by atoms with Gasteiger partial charge in [-0.05, 0) is 73.5 Å². The van der Waals surface area contributed by atoms with E-state index in [0.717, 1.165) is 34.7 Å². The van der Waals surface area contributed by atoms with Gasteiger partial charge in [-0.25, -0.2) is 4.39 Å². The Labute approximate surface area is 128 Å². The highest BCUT2D eigenvalue weighted by Gasteiger charge is 2.47. The van der Waals surface area contributed by atoms with Crippen molar-refractivity contribution in [2.75, 3.05) is 0 Å². The van der Waals surface area contributed by atoms with Crippen LogP contribution in [-0.2, 0) is 6.54 Å². The van der Waals surface area contributed by atoms with Gasteiger partial charge in [0, 0.05) is 17.1 Å². The van der Waals surface area contributed by atoms with Gasteiger partial charge in [-0.3, -0.25) is 0 Å². The van der Waals surface area contributed by atoms with Crippen molar-refractivity contribution in [2.24, 2.45) is 23.7 Å². The molecule has 5 rings (SSSR count). The van der Waals surface area contributed by atoms with E-state index in [4.69, 9.17) is 0 Å². The average molecular weight is 338 g/mol. The number of benzene rings is 1. The Morgan fingerprint density at radius 1 is 1.05 bits per heavy atom. The molecule has 3 heteroatoms. The Kier molecular flexibility index (Phi) is 3.38. The minimum Gasteiger partial charge on any atom is -0.309 e. The van der Waals surface area contributed by atoms with Gasteiger partial charge in [0.15, 0.2) is 0 Å². The molecule has 20 heavy (non-hydrogen) atoms. The van der Waals surface area contributed by atoms with Crippen LogP contribution in [0.5, 0.6) is 0 Å². The minimum atomic E-state index is -0.171. The molecule has 0 aliphatic heterocycles. The molecule has 4 fully saturated rings. The molecule has 4 aliphatic rings. The second kappa shape index (κ2) is 5.10. The fourth-order valence-electron chi connectivity index (χ4n) is 5.15. The molecule has 4 saturated carbocycles. The van der Waals surface area contributed by atoms with Crippen LogP contribution >= 0.6 is 15.9 Å². The molecule has 4 aliphatic carbocycles. The molecule has 0 amide bonds. The van der Waals surface area contributed by atoms with E-state index < -0.39 is 0 Å². The molecule has 0 radical (unpaired) electrons. The molecule has 0 aromatic heterocycles. The molecular formula is C17H21BrFN. The van der Waals surface area contributed by atoms with Crippen LogP contribution in [0.15, 0.2) is 22.7 Å². The molecule has 1 nitrogen and oxygen atoms in total. The van der Waals surface area contributed by atoms with E-state index in [0.29, 0.717) is 6.04 Å². The van der Waals surface area contributed by atoms with Crippen LogP contribution in [-0.4, -0.2) is 6.04 Å². The van der Waals surface area contributed by atoms with Crippen molar-refractivity contribution in [3.63, 3.8) is 0 Å². The summed E-state index contributed by atoms with van der Waals surface area (Å²) in [4.78, 5) is 0. The van der Waals surface area contributed by atoms with Crippen molar-refractivity contribution in [2.45, 2.75) is 44.7 Å². The lowest BCUT2D eigenvalue weighted by Crippen LogP contribution is -2.54. The summed E-state index contributed by atoms with van der Waals surface area (Å²) in [6.45, 7) is 0.855. The van der Waals surface area contributed by atoms with Crippen molar-refractivity contribution >= 4 is 15.9 Å². The summed E-state index contributed by atoms with van der Waals surface area (Å²) in [5.41, 5.74) is 1.17. The number of nitrogens with one attached hydrogen (secondary N) is 1. The van der Waals surface area contributed by atoms with Crippen LogP contribution in [0.25, 0.3) is 0 Å². The predicted molar refractivity (Wildman–Crippen MR) is 81.8 cm³/mol. The fraction of sp³-hybridized carbons (Fsp3) is 0.647. The second-order valence-corrected chi connectivity index (χ2v) is 7.93. The minimum absolute atomic E-state index is 0.171. The summed E-state index contributed by atoms with van der Waals surface area (Å²) in [7, 11) is 0. The van der Waals surface area contributed by atoms with Gasteiger partial charge in [0.25, 0.3) is 0 Å². The van der Waals surface area contributed by atoms with Gasteiger partial charge in [-0.15, -0.1) is 0 Å². The molecule has 0 atom stereocenters. The Hall–Kier alpha value is -0.410. The summed E-state index contributed by atoms with van der Waals surface area (Å²) in [5.74, 6) is 3.66. The maximum Gasteiger partial charge on any atom is 0.124 e. The molecule has 0 spiro atoms. The van der Waals surface area contributed by atoms with E-state index in [2.05, 4.69) is 21.2 Å². The first kappa shape index (κ1) is 13.3. The molecule has 4 bridgehead atoms. The van der Waals surface area contributed by atoms with E-state index in [-0.39, 0.29) is 5.82 Å². The first-order chi connectivity index (χ1) is 9.69. The van der Waals surface area contributed by atoms with Gasteiger partial charge in [0.05, 0.1) is 0 Å². The summed E-state index contributed by atoms with van der Waals surface area (Å²) in [5, 5.41) is 3.79. The third-order valence-corrected chi connectivity index (χ3v) is 6.51. The maximum absolute atomic E-state index is 13.1. The molecule has 0 saturated heterocycles. The van der Waals surface area contributed by atoms with E-state index in [1.165, 1.54) is 37.7 Å². The Bertz CT molecular complexity index is 488.